The minimum absolute atomic E-state index is 0.189. The lowest BCUT2D eigenvalue weighted by Gasteiger charge is -2.06. The minimum atomic E-state index is -0.189. The van der Waals surface area contributed by atoms with E-state index in [9.17, 15) is 4.79 Å². The van der Waals surface area contributed by atoms with E-state index in [0.717, 1.165) is 18.4 Å². The molecular weight excluding hydrogens is 164 g/mol. The normalized spacial score (nSPS) is 14.0. The predicted octanol–water partition coefficient (Wildman–Crippen LogP) is 2.93. The summed E-state index contributed by atoms with van der Waals surface area (Å²) in [6, 6.07) is 0. The summed E-state index contributed by atoms with van der Waals surface area (Å²) in [5.41, 5.74) is 0.725. The maximum absolute atomic E-state index is 11.2. The summed E-state index contributed by atoms with van der Waals surface area (Å²) >= 11 is 0. The summed E-state index contributed by atoms with van der Waals surface area (Å²) in [4.78, 5) is 11.2. The van der Waals surface area contributed by atoms with Crippen molar-refractivity contribution >= 4 is 5.97 Å². The standard InChI is InChI=1S/C11H20O2/c1-5-7-9(3)8-10(4)11(12)13-6-2/h8-9H,5-7H2,1-4H3/b10-8+. The number of ether oxygens (including phenoxy) is 1. The summed E-state index contributed by atoms with van der Waals surface area (Å²) < 4.78 is 4.88. The maximum atomic E-state index is 11.2. The van der Waals surface area contributed by atoms with Crippen molar-refractivity contribution in [1.29, 1.82) is 0 Å². The summed E-state index contributed by atoms with van der Waals surface area (Å²) in [6.45, 7) is 8.34. The van der Waals surface area contributed by atoms with Crippen LogP contribution in [0.4, 0.5) is 0 Å². The number of rotatable bonds is 5. The molecule has 0 spiro atoms. The summed E-state index contributed by atoms with van der Waals surface area (Å²) in [6.07, 6.45) is 4.26. The first-order valence-corrected chi connectivity index (χ1v) is 4.97. The van der Waals surface area contributed by atoms with Gasteiger partial charge in [-0.25, -0.2) is 4.79 Å². The molecular formula is C11H20O2. The van der Waals surface area contributed by atoms with E-state index in [1.807, 2.05) is 19.9 Å². The fourth-order valence-corrected chi connectivity index (χ4v) is 1.28. The highest BCUT2D eigenvalue weighted by atomic mass is 16.5. The van der Waals surface area contributed by atoms with Gasteiger partial charge in [-0.1, -0.05) is 26.3 Å². The quantitative estimate of drug-likeness (QED) is 0.485. The van der Waals surface area contributed by atoms with E-state index in [2.05, 4.69) is 13.8 Å². The first-order chi connectivity index (χ1) is 6.11. The average Bonchev–Trinajstić information content (AvgIpc) is 2.05. The van der Waals surface area contributed by atoms with Gasteiger partial charge in [-0.2, -0.15) is 0 Å². The Morgan fingerprint density at radius 3 is 2.54 bits per heavy atom. The zero-order valence-corrected chi connectivity index (χ0v) is 9.09. The highest BCUT2D eigenvalue weighted by Crippen LogP contribution is 2.10. The van der Waals surface area contributed by atoms with E-state index >= 15 is 0 Å². The van der Waals surface area contributed by atoms with Gasteiger partial charge in [0, 0.05) is 5.57 Å². The molecule has 0 aromatic heterocycles. The Morgan fingerprint density at radius 2 is 2.08 bits per heavy atom. The van der Waals surface area contributed by atoms with Crippen LogP contribution >= 0.6 is 0 Å². The van der Waals surface area contributed by atoms with Crippen molar-refractivity contribution in [1.82, 2.24) is 0 Å². The van der Waals surface area contributed by atoms with E-state index in [0.29, 0.717) is 12.5 Å². The number of esters is 1. The molecule has 0 saturated heterocycles. The van der Waals surface area contributed by atoms with Crippen molar-refractivity contribution in [2.75, 3.05) is 6.61 Å². The van der Waals surface area contributed by atoms with Gasteiger partial charge in [0.15, 0.2) is 0 Å². The third-order valence-electron chi connectivity index (χ3n) is 1.88. The first-order valence-electron chi connectivity index (χ1n) is 4.97. The zero-order valence-electron chi connectivity index (χ0n) is 9.09. The Labute approximate surface area is 81.0 Å². The van der Waals surface area contributed by atoms with E-state index in [1.54, 1.807) is 0 Å². The molecule has 0 amide bonds. The molecule has 2 heteroatoms. The van der Waals surface area contributed by atoms with Gasteiger partial charge < -0.3 is 4.74 Å². The molecule has 0 N–H and O–H groups in total. The molecule has 0 fully saturated rings. The second kappa shape index (κ2) is 6.70. The van der Waals surface area contributed by atoms with Crippen LogP contribution in [0.2, 0.25) is 0 Å². The van der Waals surface area contributed by atoms with Crippen LogP contribution in [0.1, 0.15) is 40.5 Å². The molecule has 0 aliphatic rings. The SMILES string of the molecule is CCCC(C)/C=C(\C)C(=O)OCC. The lowest BCUT2D eigenvalue weighted by Crippen LogP contribution is -2.06. The monoisotopic (exact) mass is 184 g/mol. The number of allylic oxidation sites excluding steroid dienone is 1. The number of hydrogen-bond donors (Lipinski definition) is 0. The van der Waals surface area contributed by atoms with Crippen molar-refractivity contribution in [2.24, 2.45) is 5.92 Å². The van der Waals surface area contributed by atoms with Gasteiger partial charge in [0.25, 0.3) is 0 Å². The molecule has 0 rings (SSSR count). The number of carbonyl (C=O) groups is 1. The zero-order chi connectivity index (χ0) is 10.3. The second-order valence-electron chi connectivity index (χ2n) is 3.34. The van der Waals surface area contributed by atoms with Crippen LogP contribution in [-0.2, 0) is 9.53 Å². The van der Waals surface area contributed by atoms with Gasteiger partial charge in [0.05, 0.1) is 6.61 Å². The molecule has 0 bridgehead atoms. The molecule has 0 aliphatic heterocycles. The van der Waals surface area contributed by atoms with Crippen molar-refractivity contribution in [3.05, 3.63) is 11.6 Å². The van der Waals surface area contributed by atoms with Crippen LogP contribution < -0.4 is 0 Å². The summed E-state index contributed by atoms with van der Waals surface area (Å²) in [7, 11) is 0. The molecule has 0 heterocycles. The van der Waals surface area contributed by atoms with Gasteiger partial charge in [0.2, 0.25) is 0 Å². The molecule has 0 radical (unpaired) electrons. The van der Waals surface area contributed by atoms with Crippen molar-refractivity contribution in [2.45, 2.75) is 40.5 Å². The third-order valence-corrected chi connectivity index (χ3v) is 1.88. The largest absolute Gasteiger partial charge is 0.463 e. The van der Waals surface area contributed by atoms with Crippen molar-refractivity contribution < 1.29 is 9.53 Å². The Balaban J connectivity index is 4.06. The Hall–Kier alpha value is -0.790. The van der Waals surface area contributed by atoms with Crippen molar-refractivity contribution in [3.63, 3.8) is 0 Å². The fourth-order valence-electron chi connectivity index (χ4n) is 1.28. The average molecular weight is 184 g/mol. The van der Waals surface area contributed by atoms with E-state index in [4.69, 9.17) is 4.74 Å². The molecule has 0 saturated carbocycles. The molecule has 13 heavy (non-hydrogen) atoms. The lowest BCUT2D eigenvalue weighted by molar-refractivity contribution is -0.138. The first kappa shape index (κ1) is 12.2. The molecule has 1 unspecified atom stereocenters. The molecule has 0 aliphatic carbocycles. The number of hydrogen-bond acceptors (Lipinski definition) is 2. The van der Waals surface area contributed by atoms with Crippen LogP contribution in [0.25, 0.3) is 0 Å². The van der Waals surface area contributed by atoms with E-state index in [1.165, 1.54) is 0 Å². The molecule has 1 atom stereocenters. The van der Waals surface area contributed by atoms with Crippen LogP contribution in [0.3, 0.4) is 0 Å². The van der Waals surface area contributed by atoms with Crippen LogP contribution in [-0.4, -0.2) is 12.6 Å². The Kier molecular flexibility index (Phi) is 6.29. The van der Waals surface area contributed by atoms with Gasteiger partial charge in [0.1, 0.15) is 0 Å². The highest BCUT2D eigenvalue weighted by Gasteiger charge is 2.05. The summed E-state index contributed by atoms with van der Waals surface area (Å²) in [5.74, 6) is 0.278. The molecule has 76 valence electrons. The predicted molar refractivity (Wildman–Crippen MR) is 54.5 cm³/mol. The highest BCUT2D eigenvalue weighted by molar-refractivity contribution is 5.87. The lowest BCUT2D eigenvalue weighted by atomic mass is 10.0. The third kappa shape index (κ3) is 5.45. The van der Waals surface area contributed by atoms with E-state index in [-0.39, 0.29) is 5.97 Å². The van der Waals surface area contributed by atoms with Gasteiger partial charge in [-0.05, 0) is 26.2 Å². The van der Waals surface area contributed by atoms with E-state index < -0.39 is 0 Å². The molecule has 0 aromatic rings. The topological polar surface area (TPSA) is 26.3 Å². The van der Waals surface area contributed by atoms with Crippen LogP contribution in [0.15, 0.2) is 11.6 Å². The molecule has 2 nitrogen and oxygen atoms in total. The minimum Gasteiger partial charge on any atom is -0.463 e. The van der Waals surface area contributed by atoms with Gasteiger partial charge >= 0.3 is 5.97 Å². The van der Waals surface area contributed by atoms with Gasteiger partial charge in [-0.3, -0.25) is 0 Å². The smallest absolute Gasteiger partial charge is 0.333 e. The fraction of sp³-hybridized carbons (Fsp3) is 0.727. The van der Waals surface area contributed by atoms with Crippen molar-refractivity contribution in [3.8, 4) is 0 Å². The summed E-state index contributed by atoms with van der Waals surface area (Å²) in [5, 5.41) is 0. The number of carbonyl (C=O) groups excluding carboxylic acids is 1. The maximum Gasteiger partial charge on any atom is 0.333 e. The Bertz CT molecular complexity index is 183. The molecule has 0 aromatic carbocycles. The Morgan fingerprint density at radius 1 is 1.46 bits per heavy atom. The van der Waals surface area contributed by atoms with Gasteiger partial charge in [-0.15, -0.1) is 0 Å². The second-order valence-corrected chi connectivity index (χ2v) is 3.34. The van der Waals surface area contributed by atoms with Crippen LogP contribution in [0, 0.1) is 5.92 Å². The van der Waals surface area contributed by atoms with Crippen LogP contribution in [0.5, 0.6) is 0 Å².